The summed E-state index contributed by atoms with van der Waals surface area (Å²) in [6, 6.07) is 4.79. The Labute approximate surface area is 177 Å². The first-order valence-electron chi connectivity index (χ1n) is 8.78. The number of H-pyrrole nitrogens is 1. The maximum absolute atomic E-state index is 9.63. The van der Waals surface area contributed by atoms with Gasteiger partial charge in [-0.05, 0) is 38.1 Å². The van der Waals surface area contributed by atoms with Gasteiger partial charge >= 0.3 is 15.6 Å². The van der Waals surface area contributed by atoms with E-state index in [4.69, 9.17) is 25.3 Å². The van der Waals surface area contributed by atoms with Crippen LogP contribution in [0.2, 0.25) is 0 Å². The van der Waals surface area contributed by atoms with Crippen LogP contribution in [-0.2, 0) is 13.4 Å². The quantitative estimate of drug-likeness (QED) is 0.291. The van der Waals surface area contributed by atoms with E-state index in [0.29, 0.717) is 23.0 Å². The van der Waals surface area contributed by atoms with Gasteiger partial charge in [0, 0.05) is 18.4 Å². The highest BCUT2D eigenvalue weighted by Crippen LogP contribution is 2.53. The van der Waals surface area contributed by atoms with E-state index in [0.717, 1.165) is 0 Å². The summed E-state index contributed by atoms with van der Waals surface area (Å²) in [5.74, 6) is 0.433. The number of likely N-dealkylation sites (tertiary alicyclic amines) is 1. The fraction of sp³-hybridized carbons (Fsp3) is 0.333. The molecule has 1 aliphatic heterocycles. The van der Waals surface area contributed by atoms with Crippen LogP contribution in [0, 0.1) is 0 Å². The number of nitrogens with two attached hydrogens (primary N) is 1. The van der Waals surface area contributed by atoms with Crippen molar-refractivity contribution in [3.05, 3.63) is 42.7 Å². The number of nitrogens with zero attached hydrogens (tertiary/aromatic N) is 5. The van der Waals surface area contributed by atoms with Gasteiger partial charge in [-0.15, -0.1) is 0 Å². The highest BCUT2D eigenvalue weighted by Gasteiger charge is 2.28. The molecule has 0 aromatic carbocycles. The molecule has 14 nitrogen and oxygen atoms in total. The molecule has 170 valence electrons. The molecule has 4 rings (SSSR count). The lowest BCUT2D eigenvalue weighted by atomic mass is 10.1. The largest absolute Gasteiger partial charge is 0.478 e. The summed E-state index contributed by atoms with van der Waals surface area (Å²) in [5.41, 5.74) is 8.14. The lowest BCUT2D eigenvalue weighted by molar-refractivity contribution is 0.225. The molecule has 3 aromatic rings. The van der Waals surface area contributed by atoms with Crippen LogP contribution in [0.1, 0.15) is 24.4 Å². The number of hydrogen-bond donors (Lipinski definition) is 6. The summed E-state index contributed by atoms with van der Waals surface area (Å²) in [4.78, 5) is 51.9. The van der Waals surface area contributed by atoms with Crippen molar-refractivity contribution >= 4 is 32.6 Å². The molecule has 4 heterocycles. The van der Waals surface area contributed by atoms with E-state index in [9.17, 15) is 9.13 Å². The molecule has 31 heavy (non-hydrogen) atoms. The van der Waals surface area contributed by atoms with Gasteiger partial charge < -0.3 is 30.3 Å². The summed E-state index contributed by atoms with van der Waals surface area (Å²) in [7, 11) is -7.92. The first-order chi connectivity index (χ1) is 14.5. The van der Waals surface area contributed by atoms with Crippen molar-refractivity contribution in [3.8, 4) is 0 Å². The first kappa shape index (κ1) is 25.0. The number of pyridine rings is 1. The van der Waals surface area contributed by atoms with Gasteiger partial charge in [0.25, 0.3) is 0 Å². The first-order valence-corrected chi connectivity index (χ1v) is 11.8. The molecule has 0 radical (unpaired) electrons. The van der Waals surface area contributed by atoms with Crippen molar-refractivity contribution in [2.45, 2.75) is 18.9 Å². The molecule has 1 saturated heterocycles. The topological polar surface area (TPSA) is 221 Å². The summed E-state index contributed by atoms with van der Waals surface area (Å²) in [6.07, 6.45) is 9.33. The number of nitrogens with one attached hydrogen (secondary N) is 1. The molecule has 0 saturated carbocycles. The van der Waals surface area contributed by atoms with Gasteiger partial charge in [-0.2, -0.15) is 4.31 Å². The lowest BCUT2D eigenvalue weighted by Crippen LogP contribution is -2.17. The van der Waals surface area contributed by atoms with Crippen LogP contribution < -0.4 is 5.73 Å². The van der Waals surface area contributed by atoms with E-state index in [1.807, 2.05) is 18.5 Å². The van der Waals surface area contributed by atoms with E-state index >= 15 is 0 Å². The molecule has 1 atom stereocenters. The zero-order valence-corrected chi connectivity index (χ0v) is 18.2. The zero-order chi connectivity index (χ0) is 23.1. The molecule has 7 N–H and O–H groups in total. The maximum Gasteiger partial charge on any atom is 0.478 e. The lowest BCUT2D eigenvalue weighted by Gasteiger charge is -2.18. The fourth-order valence-electron chi connectivity index (χ4n) is 2.83. The van der Waals surface area contributed by atoms with Gasteiger partial charge in [-0.3, -0.25) is 9.88 Å². The van der Waals surface area contributed by atoms with Gasteiger partial charge in [0.1, 0.15) is 11.8 Å². The average molecular weight is 475 g/mol. The minimum absolute atomic E-state index is 0.433. The van der Waals surface area contributed by atoms with E-state index in [1.165, 1.54) is 37.6 Å². The Balaban J connectivity index is 0.000000168. The molecule has 0 aliphatic carbocycles. The van der Waals surface area contributed by atoms with E-state index < -0.39 is 15.6 Å². The van der Waals surface area contributed by atoms with Crippen molar-refractivity contribution in [1.82, 2.24) is 29.8 Å². The number of imidazole rings is 1. The Hall–Kier alpha value is -2.28. The third-order valence-electron chi connectivity index (χ3n) is 4.05. The van der Waals surface area contributed by atoms with Crippen molar-refractivity contribution in [2.75, 3.05) is 19.3 Å². The number of phosphoric acid groups is 2. The van der Waals surface area contributed by atoms with Crippen LogP contribution >= 0.6 is 15.6 Å². The number of nitrogen functional groups attached to an aromatic ring is 1. The van der Waals surface area contributed by atoms with E-state index in [1.54, 1.807) is 0 Å². The predicted octanol–water partition coefficient (Wildman–Crippen LogP) is 0.972. The Morgan fingerprint density at radius 3 is 2.39 bits per heavy atom. The van der Waals surface area contributed by atoms with Crippen LogP contribution in [0.15, 0.2) is 37.2 Å². The summed E-state index contributed by atoms with van der Waals surface area (Å²) in [5, 5.41) is 0. The van der Waals surface area contributed by atoms with Crippen LogP contribution in [0.4, 0.5) is 5.82 Å². The number of fused-ring (bicyclic) bond motifs is 1. The fourth-order valence-corrected chi connectivity index (χ4v) is 3.94. The molecule has 0 bridgehead atoms. The van der Waals surface area contributed by atoms with Crippen molar-refractivity contribution < 1.29 is 33.0 Å². The summed E-state index contributed by atoms with van der Waals surface area (Å²) in [6.45, 7) is 1.22. The summed E-state index contributed by atoms with van der Waals surface area (Å²) >= 11 is 0. The SMILES string of the molecule is CN1CCCC1c1cccnc1.Nc1ncnc2nc[nH]c12.O=P(O)(O)OP(=O)(O)O. The smallest absolute Gasteiger partial charge is 0.382 e. The number of aromatic amines is 1. The second-order valence-corrected chi connectivity index (χ2v) is 8.96. The Kier molecular flexibility index (Phi) is 8.74. The van der Waals surface area contributed by atoms with Gasteiger partial charge in [0.05, 0.1) is 6.33 Å². The molecule has 0 amide bonds. The minimum Gasteiger partial charge on any atom is -0.382 e. The van der Waals surface area contributed by atoms with Crippen LogP contribution in [0.3, 0.4) is 0 Å². The van der Waals surface area contributed by atoms with Crippen molar-refractivity contribution in [3.63, 3.8) is 0 Å². The number of anilines is 1. The molecule has 16 heteroatoms. The molecule has 1 unspecified atom stereocenters. The van der Waals surface area contributed by atoms with Crippen LogP contribution in [-0.4, -0.2) is 63.0 Å². The predicted molar refractivity (Wildman–Crippen MR) is 110 cm³/mol. The highest BCUT2D eigenvalue weighted by molar-refractivity contribution is 7.60. The molecular weight excluding hydrogens is 452 g/mol. The minimum atomic E-state index is -5.05. The highest BCUT2D eigenvalue weighted by atomic mass is 31.3. The molecular formula is C15H23N7O7P2. The second kappa shape index (κ2) is 10.8. The molecule has 0 spiro atoms. The third-order valence-corrected chi connectivity index (χ3v) is 5.76. The van der Waals surface area contributed by atoms with Gasteiger partial charge in [0.2, 0.25) is 0 Å². The number of hydrogen-bond acceptors (Lipinski definition) is 9. The second-order valence-electron chi connectivity index (χ2n) is 6.35. The molecule has 1 aliphatic rings. The van der Waals surface area contributed by atoms with Crippen molar-refractivity contribution in [2.24, 2.45) is 0 Å². The summed E-state index contributed by atoms with van der Waals surface area (Å²) < 4.78 is 22.2. The van der Waals surface area contributed by atoms with Crippen LogP contribution in [0.25, 0.3) is 11.2 Å². The standard InChI is InChI=1S/C10H14N2.C5H5N5.H4O7P2/c1-12-7-3-5-10(12)9-4-2-6-11-8-9;6-4-3-5(9-1-7-3)10-2-8-4;1-8(2,3)7-9(4,5)6/h2,4,6,8,10H,3,5,7H2,1H3;1-2H,(H3,6,7,8,9,10);(H2,1,2,3)(H2,4,5,6). The van der Waals surface area contributed by atoms with Gasteiger partial charge in [0.15, 0.2) is 11.5 Å². The van der Waals surface area contributed by atoms with Crippen LogP contribution in [0.5, 0.6) is 0 Å². The Bertz CT molecular complexity index is 1040. The van der Waals surface area contributed by atoms with Gasteiger partial charge in [-0.1, -0.05) is 6.07 Å². The monoisotopic (exact) mass is 475 g/mol. The number of aromatic nitrogens is 5. The van der Waals surface area contributed by atoms with E-state index in [2.05, 4.69) is 47.2 Å². The zero-order valence-electron chi connectivity index (χ0n) is 16.4. The third kappa shape index (κ3) is 8.77. The molecule has 3 aromatic heterocycles. The normalized spacial score (nSPS) is 16.9. The van der Waals surface area contributed by atoms with Crippen molar-refractivity contribution in [1.29, 1.82) is 0 Å². The average Bonchev–Trinajstić information content (AvgIpc) is 3.30. The van der Waals surface area contributed by atoms with Gasteiger partial charge in [-0.25, -0.2) is 24.1 Å². The Morgan fingerprint density at radius 2 is 1.90 bits per heavy atom. The maximum atomic E-state index is 9.63. The molecule has 1 fully saturated rings. The Morgan fingerprint density at radius 1 is 1.19 bits per heavy atom. The van der Waals surface area contributed by atoms with E-state index in [-0.39, 0.29) is 0 Å². The number of rotatable bonds is 3.